The second kappa shape index (κ2) is 5.21. The molecule has 1 atom stereocenters. The number of likely N-dealkylation sites (tertiary alicyclic amines) is 1. The number of thiazole rings is 1. The molecule has 1 aliphatic heterocycles. The molecule has 3 aromatic heterocycles. The van der Waals surface area contributed by atoms with Gasteiger partial charge in [-0.05, 0) is 38.0 Å². The van der Waals surface area contributed by atoms with Gasteiger partial charge in [0.05, 0.1) is 6.04 Å². The lowest BCUT2D eigenvalue weighted by Crippen LogP contribution is -2.31. The zero-order valence-corrected chi connectivity index (χ0v) is 13.1. The molecule has 112 valence electrons. The van der Waals surface area contributed by atoms with E-state index in [0.29, 0.717) is 5.69 Å². The first-order valence-electron chi connectivity index (χ1n) is 7.39. The first kappa shape index (κ1) is 13.5. The van der Waals surface area contributed by atoms with Crippen LogP contribution < -0.4 is 0 Å². The summed E-state index contributed by atoms with van der Waals surface area (Å²) in [5.74, 6) is -0.00754. The zero-order chi connectivity index (χ0) is 15.1. The molecule has 4 rings (SSSR count). The number of aryl methyl sites for hydroxylation is 1. The molecule has 4 heterocycles. The van der Waals surface area contributed by atoms with Crippen LogP contribution in [0.3, 0.4) is 0 Å². The van der Waals surface area contributed by atoms with E-state index in [1.54, 1.807) is 17.4 Å². The highest BCUT2D eigenvalue weighted by Crippen LogP contribution is 2.34. The molecule has 1 N–H and O–H groups in total. The van der Waals surface area contributed by atoms with Crippen LogP contribution in [0.1, 0.15) is 40.1 Å². The maximum Gasteiger partial charge on any atom is 0.273 e. The molecular weight excluding hydrogens is 296 g/mol. The molecule has 1 unspecified atom stereocenters. The number of carbonyl (C=O) groups excluding carboxylic acids is 1. The highest BCUT2D eigenvalue weighted by molar-refractivity contribution is 7.09. The van der Waals surface area contributed by atoms with Crippen molar-refractivity contribution in [2.24, 2.45) is 0 Å². The lowest BCUT2D eigenvalue weighted by Gasteiger charge is -2.22. The topological polar surface area (TPSA) is 61.9 Å². The van der Waals surface area contributed by atoms with Crippen molar-refractivity contribution < 1.29 is 4.79 Å². The minimum Gasteiger partial charge on any atom is -0.346 e. The van der Waals surface area contributed by atoms with Gasteiger partial charge in [-0.15, -0.1) is 11.3 Å². The van der Waals surface area contributed by atoms with E-state index in [4.69, 9.17) is 0 Å². The molecule has 1 fully saturated rings. The maximum atomic E-state index is 12.8. The van der Waals surface area contributed by atoms with Gasteiger partial charge in [0.15, 0.2) is 0 Å². The molecule has 1 saturated heterocycles. The fraction of sp³-hybridized carbons (Fsp3) is 0.312. The number of rotatable bonds is 2. The number of fused-ring (bicyclic) bond motifs is 1. The lowest BCUT2D eigenvalue weighted by molar-refractivity contribution is 0.0730. The van der Waals surface area contributed by atoms with Gasteiger partial charge in [0.1, 0.15) is 16.3 Å². The van der Waals surface area contributed by atoms with Gasteiger partial charge in [-0.2, -0.15) is 0 Å². The van der Waals surface area contributed by atoms with E-state index < -0.39 is 0 Å². The van der Waals surface area contributed by atoms with Gasteiger partial charge >= 0.3 is 0 Å². The summed E-state index contributed by atoms with van der Waals surface area (Å²) in [5.41, 5.74) is 2.27. The number of H-pyrrole nitrogens is 1. The van der Waals surface area contributed by atoms with Crippen molar-refractivity contribution in [1.29, 1.82) is 0 Å². The minimum atomic E-state index is -0.00754. The number of hydrogen-bond acceptors (Lipinski definition) is 4. The third kappa shape index (κ3) is 2.20. The Kier molecular flexibility index (Phi) is 3.18. The zero-order valence-electron chi connectivity index (χ0n) is 12.2. The van der Waals surface area contributed by atoms with Crippen molar-refractivity contribution in [2.45, 2.75) is 25.8 Å². The van der Waals surface area contributed by atoms with Gasteiger partial charge in [-0.25, -0.2) is 9.97 Å². The summed E-state index contributed by atoms with van der Waals surface area (Å²) >= 11 is 1.64. The normalized spacial score (nSPS) is 18.2. The van der Waals surface area contributed by atoms with Crippen molar-refractivity contribution in [2.75, 3.05) is 6.54 Å². The van der Waals surface area contributed by atoms with Crippen molar-refractivity contribution in [1.82, 2.24) is 19.9 Å². The Hall–Kier alpha value is -2.21. The average Bonchev–Trinajstić information content (AvgIpc) is 3.25. The highest BCUT2D eigenvalue weighted by atomic mass is 32.1. The largest absolute Gasteiger partial charge is 0.346 e. The number of nitrogens with one attached hydrogen (secondary N) is 1. The van der Waals surface area contributed by atoms with Crippen LogP contribution in [-0.2, 0) is 0 Å². The Morgan fingerprint density at radius 1 is 1.36 bits per heavy atom. The second-order valence-electron chi connectivity index (χ2n) is 5.60. The van der Waals surface area contributed by atoms with Crippen LogP contribution in [0.4, 0.5) is 0 Å². The first-order chi connectivity index (χ1) is 10.7. The monoisotopic (exact) mass is 312 g/mol. The smallest absolute Gasteiger partial charge is 0.273 e. The van der Waals surface area contributed by atoms with E-state index >= 15 is 0 Å². The molecule has 0 radical (unpaired) electrons. The minimum absolute atomic E-state index is 0.00754. The molecule has 22 heavy (non-hydrogen) atoms. The van der Waals surface area contributed by atoms with Gasteiger partial charge in [-0.3, -0.25) is 4.79 Å². The Morgan fingerprint density at radius 3 is 3.09 bits per heavy atom. The van der Waals surface area contributed by atoms with Crippen molar-refractivity contribution in [3.8, 4) is 0 Å². The number of aromatic nitrogens is 3. The number of pyridine rings is 1. The lowest BCUT2D eigenvalue weighted by atomic mass is 10.2. The molecule has 1 aliphatic rings. The predicted molar refractivity (Wildman–Crippen MR) is 86.0 cm³/mol. The number of nitrogens with zero attached hydrogens (tertiary/aromatic N) is 3. The van der Waals surface area contributed by atoms with E-state index in [2.05, 4.69) is 15.0 Å². The standard InChI is InChI=1S/C16H16N4OS/c1-10-9-22-15(18-10)13-3-2-8-20(13)16(21)12-5-4-11-6-7-17-14(11)19-12/h4-7,9,13H,2-3,8H2,1H3,(H,17,19). The molecule has 0 spiro atoms. The average molecular weight is 312 g/mol. The maximum absolute atomic E-state index is 12.8. The highest BCUT2D eigenvalue weighted by Gasteiger charge is 2.33. The fourth-order valence-corrected chi connectivity index (χ4v) is 3.93. The first-order valence-corrected chi connectivity index (χ1v) is 8.27. The Morgan fingerprint density at radius 2 is 2.27 bits per heavy atom. The number of aromatic amines is 1. The third-order valence-corrected chi connectivity index (χ3v) is 5.13. The van der Waals surface area contributed by atoms with Crippen LogP contribution >= 0.6 is 11.3 Å². The molecule has 6 heteroatoms. The molecule has 0 saturated carbocycles. The van der Waals surface area contributed by atoms with E-state index in [-0.39, 0.29) is 11.9 Å². The van der Waals surface area contributed by atoms with Crippen molar-refractivity contribution in [3.63, 3.8) is 0 Å². The SMILES string of the molecule is Cc1csc(C2CCCN2C(=O)c2ccc3cc[nH]c3n2)n1. The van der Waals surface area contributed by atoms with Crippen LogP contribution in [-0.4, -0.2) is 32.3 Å². The molecule has 1 amide bonds. The van der Waals surface area contributed by atoms with Gasteiger partial charge in [0.2, 0.25) is 0 Å². The Labute approximate surface area is 132 Å². The molecule has 0 aromatic carbocycles. The van der Waals surface area contributed by atoms with Crippen LogP contribution in [0.25, 0.3) is 11.0 Å². The predicted octanol–water partition coefficient (Wildman–Crippen LogP) is 3.31. The molecule has 3 aromatic rings. The van der Waals surface area contributed by atoms with E-state index in [9.17, 15) is 4.79 Å². The number of hydrogen-bond donors (Lipinski definition) is 1. The fourth-order valence-electron chi connectivity index (χ4n) is 2.99. The number of carbonyl (C=O) groups is 1. The van der Waals surface area contributed by atoms with Crippen molar-refractivity contribution in [3.05, 3.63) is 46.2 Å². The van der Waals surface area contributed by atoms with Crippen molar-refractivity contribution >= 4 is 28.3 Å². The Bertz CT molecular complexity index is 837. The van der Waals surface area contributed by atoms with E-state index in [0.717, 1.165) is 41.1 Å². The summed E-state index contributed by atoms with van der Waals surface area (Å²) in [7, 11) is 0. The quantitative estimate of drug-likeness (QED) is 0.789. The van der Waals surface area contributed by atoms with Gasteiger partial charge in [-0.1, -0.05) is 0 Å². The van der Waals surface area contributed by atoms with Crippen LogP contribution in [0.2, 0.25) is 0 Å². The summed E-state index contributed by atoms with van der Waals surface area (Å²) in [6.07, 6.45) is 3.83. The Balaban J connectivity index is 1.65. The molecule has 5 nitrogen and oxygen atoms in total. The van der Waals surface area contributed by atoms with E-state index in [1.165, 1.54) is 0 Å². The molecule has 0 bridgehead atoms. The molecule has 0 aliphatic carbocycles. The second-order valence-corrected chi connectivity index (χ2v) is 6.49. The van der Waals surface area contributed by atoms with Crippen LogP contribution in [0.15, 0.2) is 29.8 Å². The number of amides is 1. The van der Waals surface area contributed by atoms with E-state index in [1.807, 2.05) is 35.5 Å². The van der Waals surface area contributed by atoms with Crippen LogP contribution in [0, 0.1) is 6.92 Å². The van der Waals surface area contributed by atoms with Crippen LogP contribution in [0.5, 0.6) is 0 Å². The summed E-state index contributed by atoms with van der Waals surface area (Å²) in [6.45, 7) is 2.76. The summed E-state index contributed by atoms with van der Waals surface area (Å²) in [5, 5.41) is 4.09. The molecular formula is C16H16N4OS. The summed E-state index contributed by atoms with van der Waals surface area (Å²) < 4.78 is 0. The summed E-state index contributed by atoms with van der Waals surface area (Å²) in [6, 6.07) is 5.78. The van der Waals surface area contributed by atoms with Gasteiger partial charge < -0.3 is 9.88 Å². The third-order valence-electron chi connectivity index (χ3n) is 4.06. The summed E-state index contributed by atoms with van der Waals surface area (Å²) in [4.78, 5) is 26.8. The van der Waals surface area contributed by atoms with Gasteiger partial charge in [0, 0.05) is 29.2 Å². The van der Waals surface area contributed by atoms with Gasteiger partial charge in [0.25, 0.3) is 5.91 Å².